The Morgan fingerprint density at radius 3 is 0.903 bits per heavy atom. The fourth-order valence-corrected chi connectivity index (χ4v) is 10.6. The zero-order valence-electron chi connectivity index (χ0n) is 59.2. The summed E-state index contributed by atoms with van der Waals surface area (Å²) in [4.78, 5) is 35.4. The number of hydrogen-bond donors (Lipinski definition) is 2. The van der Waals surface area contributed by atoms with Gasteiger partial charge in [0, 0.05) is 19.4 Å². The van der Waals surface area contributed by atoms with Crippen molar-refractivity contribution in [2.45, 2.75) is 302 Å². The number of allylic oxidation sites excluding steroid dienone is 30. The van der Waals surface area contributed by atoms with Crippen LogP contribution in [0.2, 0.25) is 0 Å². The zero-order chi connectivity index (χ0) is 67.2. The van der Waals surface area contributed by atoms with Crippen molar-refractivity contribution in [3.8, 4) is 0 Å². The van der Waals surface area contributed by atoms with Crippen LogP contribution in [0.4, 0.5) is 0 Å². The van der Waals surface area contributed by atoms with Gasteiger partial charge in [-0.2, -0.15) is 0 Å². The summed E-state index contributed by atoms with van der Waals surface area (Å²) in [7, 11) is -4.42. The van der Waals surface area contributed by atoms with Crippen molar-refractivity contribution >= 4 is 19.8 Å². The Balaban J connectivity index is 4.01. The van der Waals surface area contributed by atoms with Gasteiger partial charge in [0.05, 0.1) is 13.2 Å². The molecule has 0 aliphatic rings. The SMILES string of the molecule is CC/C=C\C/C=C\C/C=C\C/C=C\C/C=C\C/C=C\C/C=C\C/C=C\C/C=C\C/C=C\C/C=C\C/C=C\CCCCC(=O)OC(COC(=O)CCCCCCCCCCCCCCCCCCCC/C=C\C/C=C\C/C=C\CCCCCCC)COP(=O)(O)OCCN. The third-order valence-electron chi connectivity index (χ3n) is 15.3. The maximum atomic E-state index is 12.8. The van der Waals surface area contributed by atoms with Gasteiger partial charge in [0.1, 0.15) is 6.61 Å². The molecule has 0 radical (unpaired) electrons. The Labute approximate surface area is 571 Å². The molecule has 2 atom stereocenters. The molecule has 0 aromatic carbocycles. The molecule has 0 saturated carbocycles. The quantitative estimate of drug-likeness (QED) is 0.0264. The minimum Gasteiger partial charge on any atom is -0.462 e. The van der Waals surface area contributed by atoms with Crippen molar-refractivity contribution < 1.29 is 37.6 Å². The Hall–Kier alpha value is -4.89. The number of esters is 2. The van der Waals surface area contributed by atoms with Crippen LogP contribution in [-0.4, -0.2) is 49.3 Å². The van der Waals surface area contributed by atoms with Gasteiger partial charge < -0.3 is 20.1 Å². The Morgan fingerprint density at radius 2 is 0.591 bits per heavy atom. The number of hydrogen-bond acceptors (Lipinski definition) is 8. The van der Waals surface area contributed by atoms with E-state index in [9.17, 15) is 19.0 Å². The zero-order valence-corrected chi connectivity index (χ0v) is 60.1. The molecule has 526 valence electrons. The lowest BCUT2D eigenvalue weighted by Crippen LogP contribution is -2.29. The van der Waals surface area contributed by atoms with Crippen LogP contribution in [0.3, 0.4) is 0 Å². The summed E-state index contributed by atoms with van der Waals surface area (Å²) >= 11 is 0. The number of rotatable bonds is 68. The highest BCUT2D eigenvalue weighted by molar-refractivity contribution is 7.47. The van der Waals surface area contributed by atoms with E-state index in [1.54, 1.807) is 0 Å². The van der Waals surface area contributed by atoms with Crippen molar-refractivity contribution in [1.82, 2.24) is 0 Å². The minimum absolute atomic E-state index is 0.0377. The number of phosphoric ester groups is 1. The summed E-state index contributed by atoms with van der Waals surface area (Å²) in [5, 5.41) is 0. The van der Waals surface area contributed by atoms with Gasteiger partial charge in [-0.1, -0.05) is 325 Å². The number of ether oxygens (including phenoxy) is 2. The number of phosphoric acid groups is 1. The molecule has 93 heavy (non-hydrogen) atoms. The molecule has 10 heteroatoms. The van der Waals surface area contributed by atoms with E-state index in [1.165, 1.54) is 141 Å². The monoisotopic (exact) mass is 1310 g/mol. The lowest BCUT2D eigenvalue weighted by atomic mass is 10.0. The van der Waals surface area contributed by atoms with Gasteiger partial charge in [-0.15, -0.1) is 0 Å². The summed E-state index contributed by atoms with van der Waals surface area (Å²) in [5.41, 5.74) is 5.40. The van der Waals surface area contributed by atoms with Crippen LogP contribution >= 0.6 is 7.82 Å². The lowest BCUT2D eigenvalue weighted by molar-refractivity contribution is -0.161. The van der Waals surface area contributed by atoms with Crippen molar-refractivity contribution in [1.29, 1.82) is 0 Å². The van der Waals surface area contributed by atoms with E-state index in [1.807, 2.05) is 0 Å². The topological polar surface area (TPSA) is 134 Å². The van der Waals surface area contributed by atoms with Crippen LogP contribution in [0.1, 0.15) is 296 Å². The van der Waals surface area contributed by atoms with Gasteiger partial charge in [-0.05, 0) is 141 Å². The maximum Gasteiger partial charge on any atom is 0.472 e. The van der Waals surface area contributed by atoms with E-state index in [0.29, 0.717) is 6.42 Å². The fraction of sp³-hybridized carbons (Fsp3) is 0.614. The van der Waals surface area contributed by atoms with Crippen molar-refractivity contribution in [3.05, 3.63) is 182 Å². The van der Waals surface area contributed by atoms with Crippen LogP contribution in [0.25, 0.3) is 0 Å². The van der Waals surface area contributed by atoms with Crippen LogP contribution in [-0.2, 0) is 32.7 Å². The average Bonchev–Trinajstić information content (AvgIpc) is 3.60. The first-order valence-electron chi connectivity index (χ1n) is 37.3. The van der Waals surface area contributed by atoms with Gasteiger partial charge in [0.2, 0.25) is 0 Å². The molecule has 0 aromatic heterocycles. The molecule has 2 unspecified atom stereocenters. The molecule has 0 aliphatic heterocycles. The van der Waals surface area contributed by atoms with E-state index >= 15 is 0 Å². The Bertz CT molecular complexity index is 2180. The standard InChI is InChI=1S/C83H136NO8P/c1-3-5-7-9-11-13-15-17-19-21-23-25-27-29-31-33-35-37-38-39-40-41-42-44-46-48-50-52-54-56-58-60-62-64-66-68-70-72-74-76-83(86)92-81(80-91-93(87,88)90-78-77-84)79-89-82(85)75-73-71-69-67-65-63-61-59-57-55-53-51-49-47-45-43-36-34-32-30-28-26-24-22-20-18-16-14-12-10-8-6-4-2/h5,7,11,13,16-19,22-25,28-31,35,37,39-40,42,44,48,50,54,56,60,62,66,68,81H,3-4,6,8-10,12,14-15,20-21,26-27,32-34,36,38,41,43,45-47,49,51-53,55,57-59,61,63-65,67,69-80,84H2,1-2H3,(H,87,88)/b7-5-,13-11-,18-16-,19-17-,24-22-,25-23-,30-28-,31-29-,37-35-,40-39-,44-42-,50-48-,56-54-,62-60-,68-66-. The lowest BCUT2D eigenvalue weighted by Gasteiger charge is -2.19. The molecule has 0 rings (SSSR count). The van der Waals surface area contributed by atoms with E-state index < -0.39 is 32.5 Å². The average molecular weight is 1310 g/mol. The molecule has 0 fully saturated rings. The summed E-state index contributed by atoms with van der Waals surface area (Å²) in [6, 6.07) is 0. The second-order valence-electron chi connectivity index (χ2n) is 24.1. The van der Waals surface area contributed by atoms with Crippen LogP contribution in [0.15, 0.2) is 182 Å². The smallest absolute Gasteiger partial charge is 0.462 e. The first kappa shape index (κ1) is 88.1. The van der Waals surface area contributed by atoms with Crippen LogP contribution in [0.5, 0.6) is 0 Å². The second-order valence-corrected chi connectivity index (χ2v) is 25.5. The summed E-state index contributed by atoms with van der Waals surface area (Å²) in [6.07, 6.45) is 114. The van der Waals surface area contributed by atoms with E-state index in [2.05, 4.69) is 196 Å². The maximum absolute atomic E-state index is 12.8. The Morgan fingerprint density at radius 1 is 0.333 bits per heavy atom. The molecule has 9 nitrogen and oxygen atoms in total. The first-order chi connectivity index (χ1) is 45.8. The fourth-order valence-electron chi connectivity index (χ4n) is 9.80. The van der Waals surface area contributed by atoms with E-state index in [0.717, 1.165) is 122 Å². The summed E-state index contributed by atoms with van der Waals surface area (Å²) < 4.78 is 33.1. The summed E-state index contributed by atoms with van der Waals surface area (Å²) in [5.74, 6) is -0.884. The third-order valence-corrected chi connectivity index (χ3v) is 16.3. The molecule has 3 N–H and O–H groups in total. The van der Waals surface area contributed by atoms with Crippen molar-refractivity contribution in [3.63, 3.8) is 0 Å². The number of carbonyl (C=O) groups excluding carboxylic acids is 2. The second kappa shape index (κ2) is 76.1. The van der Waals surface area contributed by atoms with Gasteiger partial charge in [-0.3, -0.25) is 18.6 Å². The molecule has 0 bridgehead atoms. The van der Waals surface area contributed by atoms with E-state index in [4.69, 9.17) is 24.3 Å². The summed E-state index contributed by atoms with van der Waals surface area (Å²) in [6.45, 7) is 3.57. The van der Waals surface area contributed by atoms with Crippen molar-refractivity contribution in [2.24, 2.45) is 5.73 Å². The predicted molar refractivity (Wildman–Crippen MR) is 403 cm³/mol. The van der Waals surface area contributed by atoms with Gasteiger partial charge in [-0.25, -0.2) is 4.57 Å². The highest BCUT2D eigenvalue weighted by Gasteiger charge is 2.26. The molecule has 0 heterocycles. The van der Waals surface area contributed by atoms with E-state index in [-0.39, 0.29) is 32.6 Å². The largest absolute Gasteiger partial charge is 0.472 e. The molecule has 0 saturated heterocycles. The number of unbranched alkanes of at least 4 members (excludes halogenated alkanes) is 25. The Kier molecular flexibility index (Phi) is 72.1. The highest BCUT2D eigenvalue weighted by atomic mass is 31.2. The van der Waals surface area contributed by atoms with Crippen molar-refractivity contribution in [2.75, 3.05) is 26.4 Å². The first-order valence-corrected chi connectivity index (χ1v) is 38.8. The normalized spacial score (nSPS) is 14.0. The molecular weight excluding hydrogens is 1170 g/mol. The van der Waals surface area contributed by atoms with Crippen LogP contribution in [0, 0.1) is 0 Å². The van der Waals surface area contributed by atoms with Gasteiger partial charge >= 0.3 is 19.8 Å². The highest BCUT2D eigenvalue weighted by Crippen LogP contribution is 2.43. The minimum atomic E-state index is -4.42. The predicted octanol–water partition coefficient (Wildman–Crippen LogP) is 25.1. The number of carbonyl (C=O) groups is 2. The third kappa shape index (κ3) is 76.0. The van der Waals surface area contributed by atoms with Gasteiger partial charge in [0.25, 0.3) is 0 Å². The number of nitrogens with two attached hydrogens (primary N) is 1. The molecule has 0 spiro atoms. The molecule has 0 aromatic rings. The molecule has 0 amide bonds. The van der Waals surface area contributed by atoms with Crippen LogP contribution < -0.4 is 5.73 Å². The van der Waals surface area contributed by atoms with Gasteiger partial charge in [0.15, 0.2) is 6.10 Å². The molecular formula is C83H136NO8P. The molecule has 0 aliphatic carbocycles.